The second kappa shape index (κ2) is 12.7. The minimum Gasteiger partial charge on any atom is -0.494 e. The highest BCUT2D eigenvalue weighted by Crippen LogP contribution is 2.14. The van der Waals surface area contributed by atoms with E-state index in [9.17, 15) is 0 Å². The third-order valence-electron chi connectivity index (χ3n) is 3.51. The van der Waals surface area contributed by atoms with Crippen LogP contribution in [-0.4, -0.2) is 19.8 Å². The second-order valence-electron chi connectivity index (χ2n) is 5.41. The molecule has 0 N–H and O–H groups in total. The fourth-order valence-electron chi connectivity index (χ4n) is 2.22. The zero-order chi connectivity index (χ0) is 15.2. The molecule has 1 rings (SSSR count). The molecule has 0 atom stereocenters. The van der Waals surface area contributed by atoms with Gasteiger partial charge in [-0.3, -0.25) is 0 Å². The van der Waals surface area contributed by atoms with Gasteiger partial charge in [0.1, 0.15) is 5.75 Å². The molecule has 119 valence electrons. The molecule has 0 unspecified atom stereocenters. The highest BCUT2D eigenvalue weighted by atomic mass is 16.5. The van der Waals surface area contributed by atoms with E-state index in [1.54, 1.807) is 0 Å². The SMILES string of the molecule is CCCCCCCCOc1ccc(C[CH]COCC)cc1. The molecule has 1 aromatic carbocycles. The molecule has 0 amide bonds. The van der Waals surface area contributed by atoms with Gasteiger partial charge in [0.05, 0.1) is 13.2 Å². The topological polar surface area (TPSA) is 18.5 Å². The molecule has 2 heteroatoms. The van der Waals surface area contributed by atoms with Gasteiger partial charge in [-0.15, -0.1) is 0 Å². The van der Waals surface area contributed by atoms with Crippen molar-refractivity contribution in [3.8, 4) is 5.75 Å². The second-order valence-corrected chi connectivity index (χ2v) is 5.41. The van der Waals surface area contributed by atoms with Crippen LogP contribution in [0.1, 0.15) is 57.9 Å². The maximum atomic E-state index is 5.78. The molecule has 0 heterocycles. The molecule has 0 bridgehead atoms. The lowest BCUT2D eigenvalue weighted by Crippen LogP contribution is -1.99. The van der Waals surface area contributed by atoms with E-state index < -0.39 is 0 Å². The van der Waals surface area contributed by atoms with Gasteiger partial charge in [-0.05, 0) is 43.9 Å². The van der Waals surface area contributed by atoms with Crippen molar-refractivity contribution in [2.24, 2.45) is 0 Å². The number of benzene rings is 1. The Kier molecular flexibility index (Phi) is 10.9. The van der Waals surface area contributed by atoms with Crippen LogP contribution in [0.25, 0.3) is 0 Å². The molecule has 0 aromatic heterocycles. The lowest BCUT2D eigenvalue weighted by atomic mass is 10.1. The number of unbranched alkanes of at least 4 members (excludes halogenated alkanes) is 5. The zero-order valence-electron chi connectivity index (χ0n) is 13.8. The molecule has 0 saturated heterocycles. The van der Waals surface area contributed by atoms with Crippen molar-refractivity contribution in [1.29, 1.82) is 0 Å². The van der Waals surface area contributed by atoms with E-state index in [0.717, 1.165) is 38.4 Å². The predicted octanol–water partition coefficient (Wildman–Crippen LogP) is 5.21. The molecular formula is C19H31O2. The van der Waals surface area contributed by atoms with Crippen molar-refractivity contribution in [2.45, 2.75) is 58.8 Å². The van der Waals surface area contributed by atoms with Crippen LogP contribution in [0.3, 0.4) is 0 Å². The predicted molar refractivity (Wildman–Crippen MR) is 89.8 cm³/mol. The smallest absolute Gasteiger partial charge is 0.119 e. The fourth-order valence-corrected chi connectivity index (χ4v) is 2.22. The minimum absolute atomic E-state index is 0.729. The number of hydrogen-bond donors (Lipinski definition) is 0. The molecule has 1 aromatic rings. The van der Waals surface area contributed by atoms with Gasteiger partial charge < -0.3 is 9.47 Å². The van der Waals surface area contributed by atoms with Gasteiger partial charge in [-0.25, -0.2) is 0 Å². The van der Waals surface area contributed by atoms with Crippen LogP contribution in [-0.2, 0) is 11.2 Å². The van der Waals surface area contributed by atoms with Crippen molar-refractivity contribution >= 4 is 0 Å². The van der Waals surface area contributed by atoms with Gasteiger partial charge in [0, 0.05) is 6.61 Å². The van der Waals surface area contributed by atoms with Crippen LogP contribution in [0.15, 0.2) is 24.3 Å². The Balaban J connectivity index is 2.07. The Morgan fingerprint density at radius 2 is 1.62 bits per heavy atom. The Bertz CT molecular complexity index is 332. The standard InChI is InChI=1S/C19H31O2/c1-3-5-6-7-8-9-17-21-19-14-12-18(13-15-19)11-10-16-20-4-2/h10,12-15H,3-9,11,16-17H2,1-2H3. The Hall–Kier alpha value is -1.02. The van der Waals surface area contributed by atoms with Gasteiger partial charge in [-0.1, -0.05) is 51.2 Å². The Labute approximate surface area is 130 Å². The quantitative estimate of drug-likeness (QED) is 0.464. The summed E-state index contributed by atoms with van der Waals surface area (Å²) in [6, 6.07) is 8.42. The molecule has 0 aliphatic rings. The lowest BCUT2D eigenvalue weighted by molar-refractivity contribution is 0.167. The molecule has 0 aliphatic heterocycles. The zero-order valence-corrected chi connectivity index (χ0v) is 13.8. The maximum absolute atomic E-state index is 5.78. The lowest BCUT2D eigenvalue weighted by Gasteiger charge is -2.07. The largest absolute Gasteiger partial charge is 0.494 e. The van der Waals surface area contributed by atoms with Crippen LogP contribution >= 0.6 is 0 Å². The van der Waals surface area contributed by atoms with Crippen LogP contribution in [0.2, 0.25) is 0 Å². The summed E-state index contributed by atoms with van der Waals surface area (Å²) in [5.74, 6) is 0.983. The van der Waals surface area contributed by atoms with E-state index in [-0.39, 0.29) is 0 Å². The summed E-state index contributed by atoms with van der Waals surface area (Å²) in [5, 5.41) is 0. The summed E-state index contributed by atoms with van der Waals surface area (Å²) in [7, 11) is 0. The Morgan fingerprint density at radius 1 is 0.905 bits per heavy atom. The first-order chi connectivity index (χ1) is 10.4. The molecule has 0 saturated carbocycles. The molecule has 0 fully saturated rings. The van der Waals surface area contributed by atoms with Crippen LogP contribution in [0.4, 0.5) is 0 Å². The average Bonchev–Trinajstić information content (AvgIpc) is 2.52. The molecule has 21 heavy (non-hydrogen) atoms. The summed E-state index contributed by atoms with van der Waals surface area (Å²) in [4.78, 5) is 0. The van der Waals surface area contributed by atoms with E-state index in [1.165, 1.54) is 37.7 Å². The summed E-state index contributed by atoms with van der Waals surface area (Å²) < 4.78 is 11.1. The van der Waals surface area contributed by atoms with E-state index >= 15 is 0 Å². The van der Waals surface area contributed by atoms with Crippen molar-refractivity contribution in [3.05, 3.63) is 36.2 Å². The fraction of sp³-hybridized carbons (Fsp3) is 0.632. The number of rotatable bonds is 13. The monoisotopic (exact) mass is 291 g/mol. The third-order valence-corrected chi connectivity index (χ3v) is 3.51. The van der Waals surface area contributed by atoms with E-state index in [2.05, 4.69) is 37.6 Å². The first kappa shape index (κ1) is 18.0. The van der Waals surface area contributed by atoms with E-state index in [0.29, 0.717) is 0 Å². The van der Waals surface area contributed by atoms with Gasteiger partial charge in [0.25, 0.3) is 0 Å². The average molecular weight is 291 g/mol. The minimum atomic E-state index is 0.729. The van der Waals surface area contributed by atoms with Gasteiger partial charge >= 0.3 is 0 Å². The van der Waals surface area contributed by atoms with Crippen LogP contribution in [0, 0.1) is 6.42 Å². The molecule has 1 radical (unpaired) electrons. The normalized spacial score (nSPS) is 10.8. The van der Waals surface area contributed by atoms with Crippen molar-refractivity contribution in [2.75, 3.05) is 19.8 Å². The first-order valence-electron chi connectivity index (χ1n) is 8.48. The van der Waals surface area contributed by atoms with Gasteiger partial charge in [-0.2, -0.15) is 0 Å². The van der Waals surface area contributed by atoms with Gasteiger partial charge in [0.2, 0.25) is 0 Å². The third kappa shape index (κ3) is 9.52. The first-order valence-corrected chi connectivity index (χ1v) is 8.48. The molecule has 0 aliphatic carbocycles. The molecule has 0 spiro atoms. The summed E-state index contributed by atoms with van der Waals surface area (Å²) in [5.41, 5.74) is 1.31. The highest BCUT2D eigenvalue weighted by Gasteiger charge is 1.97. The van der Waals surface area contributed by atoms with Crippen LogP contribution < -0.4 is 4.74 Å². The summed E-state index contributed by atoms with van der Waals surface area (Å²) in [6.45, 7) is 6.61. The molecular weight excluding hydrogens is 260 g/mol. The number of ether oxygens (including phenoxy) is 2. The van der Waals surface area contributed by atoms with Crippen molar-refractivity contribution in [3.63, 3.8) is 0 Å². The van der Waals surface area contributed by atoms with Crippen molar-refractivity contribution in [1.82, 2.24) is 0 Å². The Morgan fingerprint density at radius 3 is 2.33 bits per heavy atom. The summed E-state index contributed by atoms with van der Waals surface area (Å²) >= 11 is 0. The van der Waals surface area contributed by atoms with Crippen molar-refractivity contribution < 1.29 is 9.47 Å². The maximum Gasteiger partial charge on any atom is 0.119 e. The highest BCUT2D eigenvalue weighted by molar-refractivity contribution is 5.28. The summed E-state index contributed by atoms with van der Waals surface area (Å²) in [6.07, 6.45) is 10.9. The molecule has 2 nitrogen and oxygen atoms in total. The van der Waals surface area contributed by atoms with E-state index in [1.807, 2.05) is 6.92 Å². The van der Waals surface area contributed by atoms with E-state index in [4.69, 9.17) is 9.47 Å². The van der Waals surface area contributed by atoms with Crippen LogP contribution in [0.5, 0.6) is 5.75 Å². The number of hydrogen-bond acceptors (Lipinski definition) is 2. The van der Waals surface area contributed by atoms with Gasteiger partial charge in [0.15, 0.2) is 0 Å².